The van der Waals surface area contributed by atoms with Crippen LogP contribution in [-0.2, 0) is 14.6 Å². The summed E-state index contributed by atoms with van der Waals surface area (Å²) in [4.78, 5) is 14.2. The van der Waals surface area contributed by atoms with Gasteiger partial charge in [0.05, 0.1) is 33.3 Å². The second-order valence-corrected chi connectivity index (χ2v) is 10.6. The average molecular weight is 517 g/mol. The number of rotatable bonds is 5. The fourth-order valence-corrected chi connectivity index (χ4v) is 5.14. The van der Waals surface area contributed by atoms with Crippen molar-refractivity contribution in [2.24, 2.45) is 0 Å². The van der Waals surface area contributed by atoms with E-state index >= 15 is 0 Å². The standard InChI is InChI=1S/C23H19ClN2O4S2.C2H6/c1-30-23(27)18-14-20(26(25-18)19-10-5-3-4-9-17(19)24)22-12-11-21(31-22)15-7-6-8-16(13-15)32(2,28)29;1-2/h3-4,6-14H,5H2,1-2H3;1-2H3. The van der Waals surface area contributed by atoms with Crippen LogP contribution in [0.25, 0.3) is 26.7 Å². The number of carbonyl (C=O) groups excluding carboxylic acids is 1. The van der Waals surface area contributed by atoms with E-state index in [2.05, 4.69) is 5.10 Å². The first-order chi connectivity index (χ1) is 16.3. The quantitative estimate of drug-likeness (QED) is 0.366. The number of nitrogens with zero attached hydrogens (tertiary/aromatic N) is 2. The molecule has 0 amide bonds. The number of benzene rings is 1. The Morgan fingerprint density at radius 3 is 2.59 bits per heavy atom. The van der Waals surface area contributed by atoms with Crippen LogP contribution < -0.4 is 0 Å². The van der Waals surface area contributed by atoms with E-state index in [0.717, 1.165) is 15.3 Å². The molecule has 0 saturated heterocycles. The Hall–Kier alpha value is -2.94. The Balaban J connectivity index is 0.00000158. The lowest BCUT2D eigenvalue weighted by Crippen LogP contribution is -2.06. The van der Waals surface area contributed by atoms with Gasteiger partial charge in [0.25, 0.3) is 0 Å². The van der Waals surface area contributed by atoms with E-state index in [1.54, 1.807) is 35.0 Å². The van der Waals surface area contributed by atoms with Crippen LogP contribution in [0.4, 0.5) is 0 Å². The molecule has 0 spiro atoms. The van der Waals surface area contributed by atoms with Crippen LogP contribution in [0.3, 0.4) is 0 Å². The van der Waals surface area contributed by atoms with Crippen molar-refractivity contribution in [2.45, 2.75) is 25.2 Å². The van der Waals surface area contributed by atoms with Gasteiger partial charge in [-0.1, -0.05) is 55.8 Å². The highest BCUT2D eigenvalue weighted by Crippen LogP contribution is 2.37. The highest BCUT2D eigenvalue weighted by molar-refractivity contribution is 7.90. The molecule has 2 aromatic heterocycles. The second-order valence-electron chi connectivity index (χ2n) is 7.05. The number of sulfone groups is 1. The fourth-order valence-electron chi connectivity index (χ4n) is 3.24. The third kappa shape index (κ3) is 5.58. The summed E-state index contributed by atoms with van der Waals surface area (Å²) >= 11 is 7.94. The molecule has 0 radical (unpaired) electrons. The number of allylic oxidation sites excluding steroid dienone is 6. The predicted molar refractivity (Wildman–Crippen MR) is 139 cm³/mol. The monoisotopic (exact) mass is 516 g/mol. The first kappa shape index (κ1) is 25.7. The molecule has 4 rings (SSSR count). The molecule has 9 heteroatoms. The minimum Gasteiger partial charge on any atom is -0.464 e. The summed E-state index contributed by atoms with van der Waals surface area (Å²) in [7, 11) is -2.01. The lowest BCUT2D eigenvalue weighted by molar-refractivity contribution is 0.0593. The van der Waals surface area contributed by atoms with Crippen LogP contribution in [0, 0.1) is 0 Å². The zero-order chi connectivity index (χ0) is 24.9. The van der Waals surface area contributed by atoms with Crippen LogP contribution in [0.1, 0.15) is 30.8 Å². The highest BCUT2D eigenvalue weighted by Gasteiger charge is 2.21. The minimum absolute atomic E-state index is 0.166. The van der Waals surface area contributed by atoms with Crippen LogP contribution in [0.15, 0.2) is 76.7 Å². The Morgan fingerprint density at radius 2 is 1.88 bits per heavy atom. The number of carbonyl (C=O) groups is 1. The summed E-state index contributed by atoms with van der Waals surface area (Å²) in [5, 5.41) is 4.95. The van der Waals surface area contributed by atoms with Crippen LogP contribution in [0.5, 0.6) is 0 Å². The number of aromatic nitrogens is 2. The maximum absolute atomic E-state index is 12.2. The Morgan fingerprint density at radius 1 is 1.15 bits per heavy atom. The van der Waals surface area contributed by atoms with E-state index in [1.165, 1.54) is 24.7 Å². The summed E-state index contributed by atoms with van der Waals surface area (Å²) < 4.78 is 30.4. The molecule has 178 valence electrons. The number of thiophene rings is 1. The molecule has 0 atom stereocenters. The summed E-state index contributed by atoms with van der Waals surface area (Å²) in [6, 6.07) is 12.3. The van der Waals surface area contributed by atoms with Gasteiger partial charge in [0.2, 0.25) is 0 Å². The largest absolute Gasteiger partial charge is 0.464 e. The van der Waals surface area contributed by atoms with Crippen molar-refractivity contribution in [2.75, 3.05) is 13.4 Å². The van der Waals surface area contributed by atoms with Gasteiger partial charge in [-0.15, -0.1) is 11.3 Å². The summed E-state index contributed by atoms with van der Waals surface area (Å²) in [6.07, 6.45) is 9.41. The maximum Gasteiger partial charge on any atom is 0.358 e. The average Bonchev–Trinajstić information content (AvgIpc) is 3.44. The molecule has 34 heavy (non-hydrogen) atoms. The van der Waals surface area contributed by atoms with E-state index in [1.807, 2.05) is 50.3 Å². The van der Waals surface area contributed by atoms with Gasteiger partial charge < -0.3 is 4.74 Å². The van der Waals surface area contributed by atoms with Crippen LogP contribution in [0.2, 0.25) is 0 Å². The molecule has 6 nitrogen and oxygen atoms in total. The van der Waals surface area contributed by atoms with Crippen molar-refractivity contribution in [1.29, 1.82) is 0 Å². The molecule has 3 aromatic rings. The van der Waals surface area contributed by atoms with Gasteiger partial charge in [0.1, 0.15) is 0 Å². The van der Waals surface area contributed by atoms with Gasteiger partial charge in [-0.2, -0.15) is 5.10 Å². The Labute approximate surface area is 208 Å². The topological polar surface area (TPSA) is 78.3 Å². The van der Waals surface area contributed by atoms with E-state index in [9.17, 15) is 13.2 Å². The lowest BCUT2D eigenvalue weighted by Gasteiger charge is -2.09. The second kappa shape index (κ2) is 11.0. The number of halogens is 1. The first-order valence-electron chi connectivity index (χ1n) is 10.6. The lowest BCUT2D eigenvalue weighted by atomic mass is 10.2. The van der Waals surface area contributed by atoms with Crippen molar-refractivity contribution in [3.05, 3.63) is 77.5 Å². The zero-order valence-corrected chi connectivity index (χ0v) is 21.7. The number of hydrogen-bond acceptors (Lipinski definition) is 6. The third-order valence-corrected chi connectivity index (χ3v) is 7.39. The molecule has 0 unspecified atom stereocenters. The summed E-state index contributed by atoms with van der Waals surface area (Å²) in [5.41, 5.74) is 2.30. The highest BCUT2D eigenvalue weighted by atomic mass is 35.5. The molecule has 0 saturated carbocycles. The summed E-state index contributed by atoms with van der Waals surface area (Å²) in [6.45, 7) is 4.00. The van der Waals surface area contributed by atoms with E-state index in [0.29, 0.717) is 22.8 Å². The molecule has 0 bridgehead atoms. The van der Waals surface area contributed by atoms with Crippen molar-refractivity contribution in [3.63, 3.8) is 0 Å². The van der Waals surface area contributed by atoms with Crippen molar-refractivity contribution < 1.29 is 17.9 Å². The molecule has 1 aliphatic rings. The molecule has 1 aromatic carbocycles. The van der Waals surface area contributed by atoms with Crippen molar-refractivity contribution in [1.82, 2.24) is 9.78 Å². The molecule has 1 aliphatic carbocycles. The molecule has 2 heterocycles. The van der Waals surface area contributed by atoms with E-state index < -0.39 is 15.8 Å². The van der Waals surface area contributed by atoms with E-state index in [-0.39, 0.29) is 10.6 Å². The smallest absolute Gasteiger partial charge is 0.358 e. The van der Waals surface area contributed by atoms with Gasteiger partial charge in [-0.3, -0.25) is 0 Å². The van der Waals surface area contributed by atoms with Gasteiger partial charge in [0.15, 0.2) is 15.5 Å². The Bertz CT molecular complexity index is 1400. The van der Waals surface area contributed by atoms with E-state index in [4.69, 9.17) is 16.3 Å². The van der Waals surface area contributed by atoms with Crippen molar-refractivity contribution >= 4 is 44.4 Å². The number of ether oxygens (including phenoxy) is 1. The first-order valence-corrected chi connectivity index (χ1v) is 13.7. The molecule has 0 N–H and O–H groups in total. The predicted octanol–water partition coefficient (Wildman–Crippen LogP) is 6.42. The normalized spacial score (nSPS) is 13.3. The number of esters is 1. The molecule has 0 fully saturated rings. The minimum atomic E-state index is -3.31. The third-order valence-electron chi connectivity index (χ3n) is 4.81. The van der Waals surface area contributed by atoms with Gasteiger partial charge in [-0.25, -0.2) is 17.9 Å². The zero-order valence-electron chi connectivity index (χ0n) is 19.3. The molecular formula is C25H25ClN2O4S2. The SMILES string of the molecule is CC.COC(=O)c1cc(-c2ccc(-c3cccc(S(C)(=O)=O)c3)s2)n(C2=CCC=CC=C2Cl)n1. The molecule has 0 aliphatic heterocycles. The Kier molecular flexibility index (Phi) is 8.30. The van der Waals surface area contributed by atoms with Crippen molar-refractivity contribution in [3.8, 4) is 21.0 Å². The van der Waals surface area contributed by atoms with Crippen LogP contribution >= 0.6 is 22.9 Å². The maximum atomic E-state index is 12.2. The number of methoxy groups -OCH3 is 1. The van der Waals surface area contributed by atoms with Gasteiger partial charge >= 0.3 is 5.97 Å². The van der Waals surface area contributed by atoms with Gasteiger partial charge in [0, 0.05) is 17.2 Å². The van der Waals surface area contributed by atoms with Crippen LogP contribution in [-0.4, -0.2) is 37.5 Å². The number of hydrogen-bond donors (Lipinski definition) is 0. The van der Waals surface area contributed by atoms with Gasteiger partial charge in [-0.05, 0) is 42.3 Å². The molecular weight excluding hydrogens is 492 g/mol. The fraction of sp³-hybridized carbons (Fsp3) is 0.200. The summed E-state index contributed by atoms with van der Waals surface area (Å²) in [5.74, 6) is -0.546.